The minimum Gasteiger partial charge on any atom is -0.477 e. The average molecular weight is 363 g/mol. The van der Waals surface area contributed by atoms with Crippen molar-refractivity contribution < 1.29 is 19.2 Å². The molecule has 0 bridgehead atoms. The highest BCUT2D eigenvalue weighted by molar-refractivity contribution is 9.10. The Bertz CT molecular complexity index is 832. The second-order valence-corrected chi connectivity index (χ2v) is 4.95. The monoisotopic (exact) mass is 362 g/mol. The van der Waals surface area contributed by atoms with Crippen LogP contribution in [0.25, 0.3) is 17.4 Å². The average Bonchev–Trinajstić information content (AvgIpc) is 2.92. The number of carboxylic acid groups (broad SMARTS) is 1. The number of nitro benzene ring substituents is 1. The van der Waals surface area contributed by atoms with Gasteiger partial charge in [-0.3, -0.25) is 10.1 Å². The van der Waals surface area contributed by atoms with Gasteiger partial charge < -0.3 is 9.52 Å². The number of carboxylic acids is 1. The van der Waals surface area contributed by atoms with Gasteiger partial charge in [-0.2, -0.15) is 5.26 Å². The third-order valence-electron chi connectivity index (χ3n) is 2.69. The lowest BCUT2D eigenvalue weighted by Gasteiger charge is -2.00. The quantitative estimate of drug-likeness (QED) is 0.384. The van der Waals surface area contributed by atoms with Crippen LogP contribution >= 0.6 is 15.9 Å². The molecular weight excluding hydrogens is 356 g/mol. The highest BCUT2D eigenvalue weighted by Crippen LogP contribution is 2.32. The largest absolute Gasteiger partial charge is 0.477 e. The third-order valence-corrected chi connectivity index (χ3v) is 3.35. The summed E-state index contributed by atoms with van der Waals surface area (Å²) in [5.74, 6) is -0.771. The highest BCUT2D eigenvalue weighted by atomic mass is 79.9. The van der Waals surface area contributed by atoms with E-state index in [1.807, 2.05) is 0 Å². The molecule has 0 spiro atoms. The van der Waals surface area contributed by atoms with E-state index in [9.17, 15) is 14.9 Å². The summed E-state index contributed by atoms with van der Waals surface area (Å²) in [6.45, 7) is 0. The lowest BCUT2D eigenvalue weighted by Crippen LogP contribution is -1.96. The zero-order valence-electron chi connectivity index (χ0n) is 10.8. The number of hydrogen-bond acceptors (Lipinski definition) is 5. The summed E-state index contributed by atoms with van der Waals surface area (Å²) >= 11 is 3.22. The molecule has 0 fully saturated rings. The van der Waals surface area contributed by atoms with Crippen molar-refractivity contribution in [3.05, 3.63) is 56.3 Å². The van der Waals surface area contributed by atoms with Gasteiger partial charge in [-0.15, -0.1) is 0 Å². The van der Waals surface area contributed by atoms with Crippen molar-refractivity contribution in [2.75, 3.05) is 0 Å². The summed E-state index contributed by atoms with van der Waals surface area (Å²) in [6, 6.07) is 8.81. The molecule has 0 amide bonds. The molecule has 1 aromatic carbocycles. The van der Waals surface area contributed by atoms with E-state index in [1.165, 1.54) is 24.3 Å². The van der Waals surface area contributed by atoms with Crippen LogP contribution in [-0.4, -0.2) is 16.0 Å². The number of rotatable bonds is 4. The Morgan fingerprint density at radius 3 is 2.68 bits per heavy atom. The number of benzene rings is 1. The summed E-state index contributed by atoms with van der Waals surface area (Å²) in [7, 11) is 0. The Labute approximate surface area is 132 Å². The zero-order chi connectivity index (χ0) is 16.3. The molecule has 0 aliphatic heterocycles. The van der Waals surface area contributed by atoms with Crippen LogP contribution in [0.15, 0.2) is 44.8 Å². The molecule has 22 heavy (non-hydrogen) atoms. The van der Waals surface area contributed by atoms with Crippen LogP contribution in [0.4, 0.5) is 5.69 Å². The van der Waals surface area contributed by atoms with Crippen LogP contribution in [0.5, 0.6) is 0 Å². The fourth-order valence-electron chi connectivity index (χ4n) is 1.68. The number of nitriles is 1. The van der Waals surface area contributed by atoms with Gasteiger partial charge in [0, 0.05) is 28.2 Å². The van der Waals surface area contributed by atoms with E-state index in [0.29, 0.717) is 15.8 Å². The topological polar surface area (TPSA) is 117 Å². The summed E-state index contributed by atoms with van der Waals surface area (Å²) in [4.78, 5) is 20.9. The molecule has 0 aliphatic carbocycles. The van der Waals surface area contributed by atoms with E-state index in [1.54, 1.807) is 12.1 Å². The van der Waals surface area contributed by atoms with Crippen molar-refractivity contribution in [3.8, 4) is 17.4 Å². The fourth-order valence-corrected chi connectivity index (χ4v) is 2.24. The van der Waals surface area contributed by atoms with Gasteiger partial charge in [0.1, 0.15) is 23.2 Å². The summed E-state index contributed by atoms with van der Waals surface area (Å²) in [5, 5.41) is 28.2. The number of hydrogen-bond donors (Lipinski definition) is 1. The molecule has 0 saturated carbocycles. The van der Waals surface area contributed by atoms with Crippen molar-refractivity contribution in [1.82, 2.24) is 0 Å². The Hall–Kier alpha value is -2.92. The number of furan rings is 1. The molecule has 110 valence electrons. The normalized spacial score (nSPS) is 11.0. The van der Waals surface area contributed by atoms with E-state index in [2.05, 4.69) is 15.9 Å². The molecule has 2 rings (SSSR count). The fraction of sp³-hybridized carbons (Fsp3) is 0. The Kier molecular flexibility index (Phi) is 4.39. The van der Waals surface area contributed by atoms with Gasteiger partial charge in [0.05, 0.1) is 4.92 Å². The molecule has 1 aromatic heterocycles. The smallest absolute Gasteiger partial charge is 0.346 e. The van der Waals surface area contributed by atoms with Gasteiger partial charge in [-0.25, -0.2) is 4.79 Å². The van der Waals surface area contributed by atoms with Gasteiger partial charge in [0.15, 0.2) is 0 Å². The molecule has 0 aliphatic rings. The number of halogens is 1. The van der Waals surface area contributed by atoms with Crippen molar-refractivity contribution in [1.29, 1.82) is 5.26 Å². The van der Waals surface area contributed by atoms with E-state index < -0.39 is 16.5 Å². The molecule has 2 aromatic rings. The maximum Gasteiger partial charge on any atom is 0.346 e. The molecule has 1 heterocycles. The number of non-ortho nitro benzene ring substituents is 1. The second kappa shape index (κ2) is 6.24. The van der Waals surface area contributed by atoms with E-state index in [4.69, 9.17) is 14.8 Å². The van der Waals surface area contributed by atoms with E-state index in [-0.39, 0.29) is 11.4 Å². The van der Waals surface area contributed by atoms with Crippen molar-refractivity contribution in [2.24, 2.45) is 0 Å². The van der Waals surface area contributed by atoms with Crippen LogP contribution in [-0.2, 0) is 4.79 Å². The Morgan fingerprint density at radius 1 is 1.41 bits per heavy atom. The molecule has 7 nitrogen and oxygen atoms in total. The maximum atomic E-state index is 10.8. The van der Waals surface area contributed by atoms with Gasteiger partial charge in [-0.1, -0.05) is 0 Å². The van der Waals surface area contributed by atoms with Crippen LogP contribution in [0.2, 0.25) is 0 Å². The predicted molar refractivity (Wildman–Crippen MR) is 79.7 cm³/mol. The Balaban J connectivity index is 2.39. The first-order chi connectivity index (χ1) is 10.4. The van der Waals surface area contributed by atoms with Gasteiger partial charge >= 0.3 is 5.97 Å². The van der Waals surface area contributed by atoms with Gasteiger partial charge in [-0.05, 0) is 34.1 Å². The molecule has 0 unspecified atom stereocenters. The first kappa shape index (κ1) is 15.5. The predicted octanol–water partition coefficient (Wildman–Crippen LogP) is 3.61. The molecule has 0 atom stereocenters. The lowest BCUT2D eigenvalue weighted by molar-refractivity contribution is -0.384. The van der Waals surface area contributed by atoms with E-state index in [0.717, 1.165) is 6.08 Å². The zero-order valence-corrected chi connectivity index (χ0v) is 12.4. The van der Waals surface area contributed by atoms with E-state index >= 15 is 0 Å². The highest BCUT2D eigenvalue weighted by Gasteiger charge is 2.14. The standard InChI is InChI=1S/C14H7BrN2O5/c15-12-6-9(17(20)21)1-3-11(12)13-4-2-10(22-13)5-8(7-16)14(18)19/h1-6H,(H,18,19)/b8-5+. The van der Waals surface area contributed by atoms with Crippen LogP contribution in [0.1, 0.15) is 5.76 Å². The molecule has 0 saturated heterocycles. The molecular formula is C14H7BrN2O5. The SMILES string of the molecule is N#C/C(=C\c1ccc(-c2ccc([N+](=O)[O-])cc2Br)o1)C(=O)O. The van der Waals surface area contributed by atoms with Crippen molar-refractivity contribution in [2.45, 2.75) is 0 Å². The minimum atomic E-state index is -1.35. The first-order valence-electron chi connectivity index (χ1n) is 5.81. The van der Waals surface area contributed by atoms with Crippen LogP contribution < -0.4 is 0 Å². The second-order valence-electron chi connectivity index (χ2n) is 4.10. The summed E-state index contributed by atoms with van der Waals surface area (Å²) in [5.41, 5.74) is 0.0442. The van der Waals surface area contributed by atoms with Crippen LogP contribution in [0.3, 0.4) is 0 Å². The maximum absolute atomic E-state index is 10.8. The van der Waals surface area contributed by atoms with Crippen molar-refractivity contribution in [3.63, 3.8) is 0 Å². The molecule has 8 heteroatoms. The minimum absolute atomic E-state index is 0.0695. The number of nitrogens with zero attached hydrogens (tertiary/aromatic N) is 2. The lowest BCUT2D eigenvalue weighted by atomic mass is 10.1. The Morgan fingerprint density at radius 2 is 2.14 bits per heavy atom. The number of carbonyl (C=O) groups is 1. The number of aliphatic carboxylic acids is 1. The summed E-state index contributed by atoms with van der Waals surface area (Å²) in [6.07, 6.45) is 1.10. The summed E-state index contributed by atoms with van der Waals surface area (Å²) < 4.78 is 5.91. The molecule has 1 N–H and O–H groups in total. The number of nitro groups is 1. The van der Waals surface area contributed by atoms with Gasteiger partial charge in [0.25, 0.3) is 5.69 Å². The third kappa shape index (κ3) is 3.21. The first-order valence-corrected chi connectivity index (χ1v) is 6.61. The van der Waals surface area contributed by atoms with Crippen molar-refractivity contribution >= 4 is 33.7 Å². The molecule has 0 radical (unpaired) electrons. The van der Waals surface area contributed by atoms with Crippen LogP contribution in [0, 0.1) is 21.4 Å². The van der Waals surface area contributed by atoms with Gasteiger partial charge in [0.2, 0.25) is 0 Å².